The van der Waals surface area contributed by atoms with E-state index in [0.29, 0.717) is 24.7 Å². The van der Waals surface area contributed by atoms with E-state index in [9.17, 15) is 9.59 Å². The van der Waals surface area contributed by atoms with Crippen molar-refractivity contribution in [3.8, 4) is 0 Å². The van der Waals surface area contributed by atoms with Gasteiger partial charge >= 0.3 is 5.97 Å². The predicted molar refractivity (Wildman–Crippen MR) is 79.6 cm³/mol. The fourth-order valence-corrected chi connectivity index (χ4v) is 2.82. The van der Waals surface area contributed by atoms with Gasteiger partial charge in [-0.1, -0.05) is 25.0 Å². The number of nitrogens with two attached hydrogens (primary N) is 1. The Morgan fingerprint density at radius 3 is 2.38 bits per heavy atom. The molecule has 1 aliphatic rings. The third kappa shape index (κ3) is 4.29. The first-order valence-electron chi connectivity index (χ1n) is 7.29. The summed E-state index contributed by atoms with van der Waals surface area (Å²) < 4.78 is 4.79. The van der Waals surface area contributed by atoms with Crippen LogP contribution in [0, 0.1) is 0 Å². The SMILES string of the molecule is COC(=O)CN(Cc1ccc(C(N)=O)cc1)C1CCCC1. The maximum Gasteiger partial charge on any atom is 0.319 e. The summed E-state index contributed by atoms with van der Waals surface area (Å²) in [5, 5.41) is 0. The zero-order chi connectivity index (χ0) is 15.2. The van der Waals surface area contributed by atoms with E-state index in [-0.39, 0.29) is 5.97 Å². The highest BCUT2D eigenvalue weighted by Crippen LogP contribution is 2.25. The van der Waals surface area contributed by atoms with Crippen molar-refractivity contribution in [2.45, 2.75) is 38.3 Å². The molecule has 1 fully saturated rings. The van der Waals surface area contributed by atoms with Crippen molar-refractivity contribution in [1.82, 2.24) is 4.90 Å². The highest BCUT2D eigenvalue weighted by Gasteiger charge is 2.24. The van der Waals surface area contributed by atoms with E-state index in [4.69, 9.17) is 10.5 Å². The number of primary amides is 1. The number of amides is 1. The second kappa shape index (κ2) is 7.22. The third-order valence-corrected chi connectivity index (χ3v) is 4.03. The minimum Gasteiger partial charge on any atom is -0.468 e. The molecule has 1 aromatic carbocycles. The van der Waals surface area contributed by atoms with Crippen molar-refractivity contribution in [1.29, 1.82) is 0 Å². The van der Waals surface area contributed by atoms with Crippen LogP contribution in [0.5, 0.6) is 0 Å². The monoisotopic (exact) mass is 290 g/mol. The van der Waals surface area contributed by atoms with E-state index < -0.39 is 5.91 Å². The van der Waals surface area contributed by atoms with E-state index in [1.54, 1.807) is 12.1 Å². The third-order valence-electron chi connectivity index (χ3n) is 4.03. The van der Waals surface area contributed by atoms with E-state index >= 15 is 0 Å². The molecular formula is C16H22N2O3. The largest absolute Gasteiger partial charge is 0.468 e. The smallest absolute Gasteiger partial charge is 0.319 e. The Balaban J connectivity index is 2.06. The molecule has 0 saturated heterocycles. The molecule has 0 heterocycles. The van der Waals surface area contributed by atoms with Gasteiger partial charge in [-0.25, -0.2) is 0 Å². The summed E-state index contributed by atoms with van der Waals surface area (Å²) in [5.74, 6) is -0.639. The molecule has 1 aliphatic carbocycles. The molecule has 1 aromatic rings. The molecule has 0 radical (unpaired) electrons. The van der Waals surface area contributed by atoms with Gasteiger partial charge in [-0.3, -0.25) is 14.5 Å². The number of carbonyl (C=O) groups excluding carboxylic acids is 2. The van der Waals surface area contributed by atoms with Crippen molar-refractivity contribution in [3.63, 3.8) is 0 Å². The zero-order valence-electron chi connectivity index (χ0n) is 12.4. The standard InChI is InChI=1S/C16H22N2O3/c1-21-15(19)11-18(14-4-2-3-5-14)10-12-6-8-13(9-7-12)16(17)20/h6-9,14H,2-5,10-11H2,1H3,(H2,17,20). The van der Waals surface area contributed by atoms with Crippen molar-refractivity contribution >= 4 is 11.9 Å². The molecule has 2 N–H and O–H groups in total. The average molecular weight is 290 g/mol. The minimum atomic E-state index is -0.427. The second-order valence-corrected chi connectivity index (χ2v) is 5.48. The summed E-state index contributed by atoms with van der Waals surface area (Å²) in [5.41, 5.74) is 6.80. The van der Waals surface area contributed by atoms with Crippen LogP contribution in [0.25, 0.3) is 0 Å². The van der Waals surface area contributed by atoms with Gasteiger partial charge in [0.15, 0.2) is 0 Å². The molecule has 0 spiro atoms. The van der Waals surface area contributed by atoms with Crippen LogP contribution < -0.4 is 5.73 Å². The lowest BCUT2D eigenvalue weighted by molar-refractivity contribution is -0.142. The van der Waals surface area contributed by atoms with E-state index in [1.807, 2.05) is 12.1 Å². The van der Waals surface area contributed by atoms with Gasteiger partial charge in [-0.2, -0.15) is 0 Å². The summed E-state index contributed by atoms with van der Waals surface area (Å²) in [6.07, 6.45) is 4.67. The van der Waals surface area contributed by atoms with Crippen LogP contribution >= 0.6 is 0 Å². The molecule has 0 bridgehead atoms. The van der Waals surface area contributed by atoms with E-state index in [2.05, 4.69) is 4.90 Å². The van der Waals surface area contributed by atoms with Crippen LogP contribution in [-0.2, 0) is 16.1 Å². The molecule has 21 heavy (non-hydrogen) atoms. The van der Waals surface area contributed by atoms with Gasteiger partial charge < -0.3 is 10.5 Å². The first kappa shape index (κ1) is 15.5. The molecule has 2 rings (SSSR count). The number of hydrogen-bond acceptors (Lipinski definition) is 4. The van der Waals surface area contributed by atoms with E-state index in [0.717, 1.165) is 18.4 Å². The first-order valence-corrected chi connectivity index (χ1v) is 7.29. The Kier molecular flexibility index (Phi) is 5.33. The summed E-state index contributed by atoms with van der Waals surface area (Å²) >= 11 is 0. The summed E-state index contributed by atoms with van der Waals surface area (Å²) in [6, 6.07) is 7.66. The lowest BCUT2D eigenvalue weighted by Crippen LogP contribution is -2.37. The predicted octanol–water partition coefficient (Wildman–Crippen LogP) is 1.70. The number of hydrogen-bond donors (Lipinski definition) is 1. The van der Waals surface area contributed by atoms with Gasteiger partial charge in [0.25, 0.3) is 0 Å². The molecule has 114 valence electrons. The Hall–Kier alpha value is -1.88. The van der Waals surface area contributed by atoms with Gasteiger partial charge in [0.2, 0.25) is 5.91 Å². The Bertz CT molecular complexity index is 493. The average Bonchev–Trinajstić information content (AvgIpc) is 3.01. The molecule has 0 aliphatic heterocycles. The lowest BCUT2D eigenvalue weighted by atomic mass is 10.1. The van der Waals surface area contributed by atoms with Crippen molar-refractivity contribution < 1.29 is 14.3 Å². The first-order chi connectivity index (χ1) is 10.1. The van der Waals surface area contributed by atoms with Gasteiger partial charge in [0, 0.05) is 18.2 Å². The van der Waals surface area contributed by atoms with Crippen molar-refractivity contribution in [2.24, 2.45) is 5.73 Å². The summed E-state index contributed by atoms with van der Waals surface area (Å²) in [4.78, 5) is 24.8. The Morgan fingerprint density at radius 1 is 1.24 bits per heavy atom. The molecule has 1 saturated carbocycles. The van der Waals surface area contributed by atoms with Crippen LogP contribution in [0.15, 0.2) is 24.3 Å². The number of esters is 1. The van der Waals surface area contributed by atoms with Gasteiger partial charge in [-0.05, 0) is 30.5 Å². The quantitative estimate of drug-likeness (QED) is 0.809. The van der Waals surface area contributed by atoms with Gasteiger partial charge in [-0.15, -0.1) is 0 Å². The summed E-state index contributed by atoms with van der Waals surface area (Å²) in [7, 11) is 1.41. The number of methoxy groups -OCH3 is 1. The molecule has 0 unspecified atom stereocenters. The van der Waals surface area contributed by atoms with Crippen molar-refractivity contribution in [2.75, 3.05) is 13.7 Å². The Labute approximate surface area is 125 Å². The maximum absolute atomic E-state index is 11.6. The zero-order valence-corrected chi connectivity index (χ0v) is 12.4. The number of benzene rings is 1. The summed E-state index contributed by atoms with van der Waals surface area (Å²) in [6.45, 7) is 0.984. The Morgan fingerprint density at radius 2 is 1.86 bits per heavy atom. The molecular weight excluding hydrogens is 268 g/mol. The van der Waals surface area contributed by atoms with Crippen LogP contribution in [0.3, 0.4) is 0 Å². The highest BCUT2D eigenvalue weighted by molar-refractivity contribution is 5.92. The number of ether oxygens (including phenoxy) is 1. The number of carbonyl (C=O) groups is 2. The minimum absolute atomic E-state index is 0.212. The molecule has 5 nitrogen and oxygen atoms in total. The van der Waals surface area contributed by atoms with Crippen LogP contribution in [0.1, 0.15) is 41.6 Å². The number of nitrogens with zero attached hydrogens (tertiary/aromatic N) is 1. The molecule has 5 heteroatoms. The fourth-order valence-electron chi connectivity index (χ4n) is 2.82. The topological polar surface area (TPSA) is 72.6 Å². The normalized spacial score (nSPS) is 15.3. The maximum atomic E-state index is 11.6. The second-order valence-electron chi connectivity index (χ2n) is 5.48. The molecule has 0 aromatic heterocycles. The van der Waals surface area contributed by atoms with Crippen molar-refractivity contribution in [3.05, 3.63) is 35.4 Å². The molecule has 0 atom stereocenters. The highest BCUT2D eigenvalue weighted by atomic mass is 16.5. The fraction of sp³-hybridized carbons (Fsp3) is 0.500. The van der Waals surface area contributed by atoms with Gasteiger partial charge in [0.1, 0.15) is 0 Å². The lowest BCUT2D eigenvalue weighted by Gasteiger charge is -2.27. The van der Waals surface area contributed by atoms with Gasteiger partial charge in [0.05, 0.1) is 13.7 Å². The van der Waals surface area contributed by atoms with E-state index in [1.165, 1.54) is 20.0 Å². The molecule has 1 amide bonds. The van der Waals surface area contributed by atoms with Crippen LogP contribution in [0.2, 0.25) is 0 Å². The number of rotatable bonds is 6. The van der Waals surface area contributed by atoms with Crippen LogP contribution in [-0.4, -0.2) is 36.5 Å². The van der Waals surface area contributed by atoms with Crippen LogP contribution in [0.4, 0.5) is 0 Å².